The van der Waals surface area contributed by atoms with Crippen LogP contribution >= 0.6 is 27.3 Å². The second-order valence-electron chi connectivity index (χ2n) is 2.39. The van der Waals surface area contributed by atoms with Gasteiger partial charge in [0.05, 0.1) is 27.0 Å². The van der Waals surface area contributed by atoms with E-state index in [0.29, 0.717) is 5.69 Å². The number of halogens is 1. The third-order valence-corrected chi connectivity index (χ3v) is 3.44. The molecule has 0 saturated heterocycles. The summed E-state index contributed by atoms with van der Waals surface area (Å²) in [5, 5.41) is 10.8. The molecule has 2 aromatic heterocycles. The first kappa shape index (κ1) is 8.16. The van der Waals surface area contributed by atoms with Gasteiger partial charge in [0.1, 0.15) is 0 Å². The van der Waals surface area contributed by atoms with E-state index >= 15 is 0 Å². The molecule has 2 nitrogen and oxygen atoms in total. The number of thiophene rings is 1. The molecule has 2 aromatic rings. The van der Waals surface area contributed by atoms with Gasteiger partial charge < -0.3 is 5.11 Å². The van der Waals surface area contributed by atoms with Crippen LogP contribution in [-0.4, -0.2) is 10.1 Å². The molecule has 0 aromatic carbocycles. The second-order valence-corrected chi connectivity index (χ2v) is 4.16. The fraction of sp³-hybridized carbons (Fsp3) is 0.125. The van der Waals surface area contributed by atoms with Crippen LogP contribution in [0.25, 0.3) is 10.2 Å². The zero-order chi connectivity index (χ0) is 8.55. The van der Waals surface area contributed by atoms with E-state index in [-0.39, 0.29) is 6.61 Å². The Bertz CT molecular complexity index is 412. The maximum Gasteiger partial charge on any atom is 0.0956 e. The van der Waals surface area contributed by atoms with E-state index < -0.39 is 0 Å². The molecule has 12 heavy (non-hydrogen) atoms. The van der Waals surface area contributed by atoms with Crippen molar-refractivity contribution in [2.24, 2.45) is 0 Å². The smallest absolute Gasteiger partial charge is 0.0956 e. The predicted octanol–water partition coefficient (Wildman–Crippen LogP) is 2.55. The number of fused-ring (bicyclic) bond motifs is 1. The van der Waals surface area contributed by atoms with Crippen LogP contribution in [0.5, 0.6) is 0 Å². The molecule has 2 rings (SSSR count). The predicted molar refractivity (Wildman–Crippen MR) is 53.2 cm³/mol. The van der Waals surface area contributed by atoms with Crippen molar-refractivity contribution in [2.75, 3.05) is 0 Å². The third-order valence-electron chi connectivity index (χ3n) is 1.59. The van der Waals surface area contributed by atoms with Gasteiger partial charge in [0.15, 0.2) is 0 Å². The van der Waals surface area contributed by atoms with Crippen LogP contribution in [0.4, 0.5) is 0 Å². The number of hydrogen-bond acceptors (Lipinski definition) is 3. The Kier molecular flexibility index (Phi) is 2.12. The summed E-state index contributed by atoms with van der Waals surface area (Å²) in [6, 6.07) is 3.81. The molecule has 0 amide bonds. The molecule has 1 N–H and O–H groups in total. The van der Waals surface area contributed by atoms with Gasteiger partial charge in [0.2, 0.25) is 0 Å². The lowest BCUT2D eigenvalue weighted by Crippen LogP contribution is -1.86. The normalized spacial score (nSPS) is 10.8. The van der Waals surface area contributed by atoms with Crippen LogP contribution in [0.2, 0.25) is 0 Å². The van der Waals surface area contributed by atoms with Crippen molar-refractivity contribution in [2.45, 2.75) is 6.61 Å². The summed E-state index contributed by atoms with van der Waals surface area (Å²) >= 11 is 5.04. The molecular weight excluding hydrogens is 238 g/mol. The fourth-order valence-electron chi connectivity index (χ4n) is 1.01. The third kappa shape index (κ3) is 1.26. The van der Waals surface area contributed by atoms with E-state index in [4.69, 9.17) is 5.11 Å². The number of aliphatic hydroxyl groups is 1. The summed E-state index contributed by atoms with van der Waals surface area (Å²) in [5.41, 5.74) is 1.65. The average Bonchev–Trinajstić information content (AvgIpc) is 2.47. The topological polar surface area (TPSA) is 33.1 Å². The highest BCUT2D eigenvalue weighted by Crippen LogP contribution is 2.28. The lowest BCUT2D eigenvalue weighted by atomic mass is 10.3. The van der Waals surface area contributed by atoms with E-state index in [2.05, 4.69) is 20.9 Å². The van der Waals surface area contributed by atoms with Crippen molar-refractivity contribution >= 4 is 37.5 Å². The number of aliphatic hydroxyl groups excluding tert-OH is 1. The number of nitrogens with zero attached hydrogens (tertiary/aromatic N) is 1. The largest absolute Gasteiger partial charge is 0.390 e. The molecule has 0 saturated carbocycles. The van der Waals surface area contributed by atoms with Gasteiger partial charge in [-0.25, -0.2) is 4.98 Å². The maximum absolute atomic E-state index is 8.85. The Labute approximate surface area is 82.0 Å². The van der Waals surface area contributed by atoms with Gasteiger partial charge in [-0.15, -0.1) is 11.3 Å². The van der Waals surface area contributed by atoms with Gasteiger partial charge in [-0.2, -0.15) is 0 Å². The molecule has 0 radical (unpaired) electrons. The Hall–Kier alpha value is -0.450. The van der Waals surface area contributed by atoms with Crippen molar-refractivity contribution in [3.63, 3.8) is 0 Å². The highest BCUT2D eigenvalue weighted by atomic mass is 79.9. The van der Waals surface area contributed by atoms with Crippen molar-refractivity contribution in [3.05, 3.63) is 27.7 Å². The summed E-state index contributed by atoms with van der Waals surface area (Å²) in [6.07, 6.45) is 0. The SMILES string of the molecule is OCc1ccc2scc(Br)c2n1. The van der Waals surface area contributed by atoms with Gasteiger partial charge >= 0.3 is 0 Å². The summed E-state index contributed by atoms with van der Waals surface area (Å²) < 4.78 is 2.14. The lowest BCUT2D eigenvalue weighted by Gasteiger charge is -1.94. The van der Waals surface area contributed by atoms with Crippen molar-refractivity contribution in [1.82, 2.24) is 4.98 Å². The average molecular weight is 244 g/mol. The van der Waals surface area contributed by atoms with Gasteiger partial charge in [-0.1, -0.05) is 0 Å². The summed E-state index contributed by atoms with van der Waals surface area (Å²) in [5.74, 6) is 0. The molecule has 0 spiro atoms. The van der Waals surface area contributed by atoms with E-state index in [1.54, 1.807) is 11.3 Å². The molecule has 0 bridgehead atoms. The molecule has 2 heterocycles. The van der Waals surface area contributed by atoms with Crippen molar-refractivity contribution in [3.8, 4) is 0 Å². The minimum atomic E-state index is -0.00176. The minimum absolute atomic E-state index is 0.00176. The van der Waals surface area contributed by atoms with Crippen LogP contribution in [0.1, 0.15) is 5.69 Å². The first-order valence-electron chi connectivity index (χ1n) is 3.45. The summed E-state index contributed by atoms with van der Waals surface area (Å²) in [6.45, 7) is -0.00176. The number of rotatable bonds is 1. The molecule has 0 aliphatic heterocycles. The Morgan fingerprint density at radius 3 is 3.08 bits per heavy atom. The van der Waals surface area contributed by atoms with Crippen LogP contribution in [0, 0.1) is 0 Å². The van der Waals surface area contributed by atoms with Crippen LogP contribution in [0.15, 0.2) is 22.0 Å². The standard InChI is InChI=1S/C8H6BrNOS/c9-6-4-12-7-2-1-5(3-11)10-8(6)7/h1-2,4,11H,3H2. The molecule has 4 heteroatoms. The van der Waals surface area contributed by atoms with Gasteiger partial charge in [0.25, 0.3) is 0 Å². The number of pyridine rings is 1. The van der Waals surface area contributed by atoms with Crippen LogP contribution in [0.3, 0.4) is 0 Å². The van der Waals surface area contributed by atoms with E-state index in [1.165, 1.54) is 0 Å². The molecule has 0 aliphatic carbocycles. The molecule has 0 unspecified atom stereocenters. The van der Waals surface area contributed by atoms with Crippen LogP contribution in [-0.2, 0) is 6.61 Å². The van der Waals surface area contributed by atoms with E-state index in [0.717, 1.165) is 14.7 Å². The molecule has 0 fully saturated rings. The maximum atomic E-state index is 8.85. The van der Waals surface area contributed by atoms with Gasteiger partial charge in [0, 0.05) is 5.38 Å². The lowest BCUT2D eigenvalue weighted by molar-refractivity contribution is 0.277. The summed E-state index contributed by atoms with van der Waals surface area (Å²) in [4.78, 5) is 4.27. The first-order chi connectivity index (χ1) is 5.81. The van der Waals surface area contributed by atoms with Crippen molar-refractivity contribution in [1.29, 1.82) is 0 Å². The Morgan fingerprint density at radius 2 is 2.33 bits per heavy atom. The monoisotopic (exact) mass is 243 g/mol. The van der Waals surface area contributed by atoms with E-state index in [1.807, 2.05) is 17.5 Å². The highest BCUT2D eigenvalue weighted by Gasteiger charge is 2.02. The van der Waals surface area contributed by atoms with E-state index in [9.17, 15) is 0 Å². The first-order valence-corrected chi connectivity index (χ1v) is 5.12. The molecule has 0 atom stereocenters. The summed E-state index contributed by atoms with van der Waals surface area (Å²) in [7, 11) is 0. The van der Waals surface area contributed by atoms with Crippen LogP contribution < -0.4 is 0 Å². The molecule has 62 valence electrons. The molecular formula is C8H6BrNOS. The Morgan fingerprint density at radius 1 is 1.50 bits per heavy atom. The minimum Gasteiger partial charge on any atom is -0.390 e. The zero-order valence-electron chi connectivity index (χ0n) is 6.12. The zero-order valence-corrected chi connectivity index (χ0v) is 8.52. The Balaban J connectivity index is 2.71. The number of aromatic nitrogens is 1. The highest BCUT2D eigenvalue weighted by molar-refractivity contribution is 9.10. The van der Waals surface area contributed by atoms with Gasteiger partial charge in [-0.05, 0) is 28.1 Å². The fourth-order valence-corrected chi connectivity index (χ4v) is 2.48. The van der Waals surface area contributed by atoms with Gasteiger partial charge in [-0.3, -0.25) is 0 Å². The molecule has 0 aliphatic rings. The second kappa shape index (κ2) is 3.12. The quantitative estimate of drug-likeness (QED) is 0.836. The number of hydrogen-bond donors (Lipinski definition) is 1. The van der Waals surface area contributed by atoms with Crippen molar-refractivity contribution < 1.29 is 5.11 Å².